The molecule has 0 aliphatic rings. The van der Waals surface area contributed by atoms with Crippen molar-refractivity contribution in [3.63, 3.8) is 0 Å². The summed E-state index contributed by atoms with van der Waals surface area (Å²) in [6.45, 7) is 3.40. The smallest absolute Gasteiger partial charge is 0.207 e. The fraction of sp³-hybridized carbons (Fsp3) is 0.308. The van der Waals surface area contributed by atoms with Gasteiger partial charge in [0.1, 0.15) is 0 Å². The van der Waals surface area contributed by atoms with Crippen molar-refractivity contribution in [2.24, 2.45) is 0 Å². The third-order valence-corrected chi connectivity index (χ3v) is 3.24. The number of ether oxygens (including phenoxy) is 1. The van der Waals surface area contributed by atoms with Crippen LogP contribution >= 0.6 is 22.6 Å². The number of rotatable bonds is 5. The minimum absolute atomic E-state index is 0.665. The topological polar surface area (TPSA) is 39.1 Å². The first-order valence-corrected chi connectivity index (χ1v) is 6.83. The van der Waals surface area contributed by atoms with Gasteiger partial charge in [-0.25, -0.2) is 4.98 Å². The van der Waals surface area contributed by atoms with Crippen LogP contribution in [0.4, 0.5) is 5.95 Å². The molecule has 0 saturated carbocycles. The van der Waals surface area contributed by atoms with Crippen LogP contribution in [-0.4, -0.2) is 29.8 Å². The van der Waals surface area contributed by atoms with Crippen LogP contribution in [-0.2, 0) is 4.74 Å². The summed E-state index contributed by atoms with van der Waals surface area (Å²) in [5, 5.41) is 3.27. The molecule has 1 heterocycles. The number of anilines is 1. The number of imidazole rings is 1. The van der Waals surface area contributed by atoms with E-state index in [4.69, 9.17) is 4.74 Å². The molecule has 18 heavy (non-hydrogen) atoms. The molecule has 1 N–H and O–H groups in total. The monoisotopic (exact) mass is 357 g/mol. The van der Waals surface area contributed by atoms with Crippen molar-refractivity contribution in [2.45, 2.75) is 6.92 Å². The van der Waals surface area contributed by atoms with E-state index in [0.29, 0.717) is 6.61 Å². The summed E-state index contributed by atoms with van der Waals surface area (Å²) in [6.07, 6.45) is 2.03. The highest BCUT2D eigenvalue weighted by molar-refractivity contribution is 14.1. The maximum Gasteiger partial charge on any atom is 0.207 e. The lowest BCUT2D eigenvalue weighted by molar-refractivity contribution is 0.210. The lowest BCUT2D eigenvalue weighted by Crippen LogP contribution is -2.11. The van der Waals surface area contributed by atoms with Crippen LogP contribution in [0.2, 0.25) is 0 Å². The Labute approximate surface area is 121 Å². The van der Waals surface area contributed by atoms with Gasteiger partial charge in [0.15, 0.2) is 0 Å². The normalized spacial score (nSPS) is 10.6. The Morgan fingerprint density at radius 3 is 2.72 bits per heavy atom. The number of nitrogens with zero attached hydrogens (tertiary/aromatic N) is 2. The first-order chi connectivity index (χ1) is 8.70. The first-order valence-electron chi connectivity index (χ1n) is 5.75. The van der Waals surface area contributed by atoms with Crippen molar-refractivity contribution in [1.82, 2.24) is 9.55 Å². The largest absolute Gasteiger partial charge is 0.383 e. The van der Waals surface area contributed by atoms with Gasteiger partial charge in [0.25, 0.3) is 0 Å². The zero-order chi connectivity index (χ0) is 13.0. The predicted octanol–water partition coefficient (Wildman–Crippen LogP) is 2.84. The lowest BCUT2D eigenvalue weighted by Gasteiger charge is -2.09. The van der Waals surface area contributed by atoms with Crippen molar-refractivity contribution in [3.05, 3.63) is 39.7 Å². The highest BCUT2D eigenvalue weighted by atomic mass is 127. The molecule has 0 fully saturated rings. The van der Waals surface area contributed by atoms with Gasteiger partial charge in [-0.05, 0) is 53.8 Å². The lowest BCUT2D eigenvalue weighted by atomic mass is 10.3. The van der Waals surface area contributed by atoms with Gasteiger partial charge >= 0.3 is 0 Å². The molecule has 0 aliphatic heterocycles. The SMILES string of the molecule is COCCNc1nc(C)cn1-c1ccc(I)cc1. The van der Waals surface area contributed by atoms with Crippen LogP contribution in [0.3, 0.4) is 0 Å². The molecule has 1 aromatic heterocycles. The van der Waals surface area contributed by atoms with Gasteiger partial charge in [0.05, 0.1) is 12.3 Å². The molecule has 96 valence electrons. The molecule has 0 amide bonds. The zero-order valence-electron chi connectivity index (χ0n) is 10.5. The maximum absolute atomic E-state index is 5.03. The number of aromatic nitrogens is 2. The number of hydrogen-bond acceptors (Lipinski definition) is 3. The molecule has 0 atom stereocenters. The van der Waals surface area contributed by atoms with Gasteiger partial charge in [0, 0.05) is 29.1 Å². The second kappa shape index (κ2) is 6.19. The van der Waals surface area contributed by atoms with Gasteiger partial charge < -0.3 is 10.1 Å². The van der Waals surface area contributed by atoms with Gasteiger partial charge in [-0.1, -0.05) is 0 Å². The summed E-state index contributed by atoms with van der Waals surface area (Å²) in [4.78, 5) is 4.48. The standard InChI is InChI=1S/C13H16IN3O/c1-10-9-17(12-5-3-11(14)4-6-12)13(16-10)15-7-8-18-2/h3-6,9H,7-8H2,1-2H3,(H,15,16). The van der Waals surface area contributed by atoms with E-state index in [0.717, 1.165) is 23.9 Å². The Kier molecular flexibility index (Phi) is 4.60. The maximum atomic E-state index is 5.03. The number of benzene rings is 1. The summed E-state index contributed by atoms with van der Waals surface area (Å²) in [5.41, 5.74) is 2.10. The molecule has 1 aromatic carbocycles. The molecule has 0 radical (unpaired) electrons. The summed E-state index contributed by atoms with van der Waals surface area (Å²) < 4.78 is 8.31. The van der Waals surface area contributed by atoms with E-state index in [9.17, 15) is 0 Å². The molecule has 0 saturated heterocycles. The van der Waals surface area contributed by atoms with Crippen LogP contribution in [0.5, 0.6) is 0 Å². The molecule has 0 bridgehead atoms. The first kappa shape index (κ1) is 13.4. The highest BCUT2D eigenvalue weighted by Crippen LogP contribution is 2.17. The van der Waals surface area contributed by atoms with E-state index in [-0.39, 0.29) is 0 Å². The molecular weight excluding hydrogens is 341 g/mol. The van der Waals surface area contributed by atoms with E-state index in [1.165, 1.54) is 3.57 Å². The second-order valence-corrected chi connectivity index (χ2v) is 5.22. The van der Waals surface area contributed by atoms with Crippen molar-refractivity contribution in [2.75, 3.05) is 25.6 Å². The molecule has 2 rings (SSSR count). The van der Waals surface area contributed by atoms with E-state index in [1.54, 1.807) is 7.11 Å². The van der Waals surface area contributed by atoms with Crippen LogP contribution in [0, 0.1) is 10.5 Å². The molecule has 0 aliphatic carbocycles. The summed E-state index contributed by atoms with van der Waals surface area (Å²) in [7, 11) is 1.69. The molecule has 0 unspecified atom stereocenters. The van der Waals surface area contributed by atoms with Crippen LogP contribution in [0.15, 0.2) is 30.5 Å². The van der Waals surface area contributed by atoms with Crippen molar-refractivity contribution in [3.8, 4) is 5.69 Å². The van der Waals surface area contributed by atoms with Crippen LogP contribution in [0.1, 0.15) is 5.69 Å². The fourth-order valence-corrected chi connectivity index (χ4v) is 2.05. The Balaban J connectivity index is 2.23. The van der Waals surface area contributed by atoms with Crippen molar-refractivity contribution >= 4 is 28.5 Å². The second-order valence-electron chi connectivity index (χ2n) is 3.97. The van der Waals surface area contributed by atoms with Crippen LogP contribution in [0.25, 0.3) is 5.69 Å². The van der Waals surface area contributed by atoms with E-state index < -0.39 is 0 Å². The summed E-state index contributed by atoms with van der Waals surface area (Å²) in [5.74, 6) is 0.853. The molecule has 4 nitrogen and oxygen atoms in total. The van der Waals surface area contributed by atoms with Crippen LogP contribution < -0.4 is 5.32 Å². The quantitative estimate of drug-likeness (QED) is 0.661. The fourth-order valence-electron chi connectivity index (χ4n) is 1.69. The van der Waals surface area contributed by atoms with Crippen molar-refractivity contribution < 1.29 is 4.74 Å². The van der Waals surface area contributed by atoms with E-state index in [1.807, 2.05) is 13.1 Å². The third-order valence-electron chi connectivity index (χ3n) is 2.52. The Morgan fingerprint density at radius 2 is 2.06 bits per heavy atom. The van der Waals surface area contributed by atoms with E-state index >= 15 is 0 Å². The number of aryl methyl sites for hydroxylation is 1. The number of nitrogens with one attached hydrogen (secondary N) is 1. The van der Waals surface area contributed by atoms with Gasteiger partial charge in [-0.2, -0.15) is 0 Å². The minimum Gasteiger partial charge on any atom is -0.383 e. The Hall–Kier alpha value is -1.08. The molecule has 2 aromatic rings. The number of hydrogen-bond donors (Lipinski definition) is 1. The minimum atomic E-state index is 0.665. The average Bonchev–Trinajstić information content (AvgIpc) is 2.72. The van der Waals surface area contributed by atoms with Gasteiger partial charge in [0.2, 0.25) is 5.95 Å². The number of methoxy groups -OCH3 is 1. The van der Waals surface area contributed by atoms with Crippen molar-refractivity contribution in [1.29, 1.82) is 0 Å². The molecule has 5 heteroatoms. The van der Waals surface area contributed by atoms with Gasteiger partial charge in [-0.3, -0.25) is 4.57 Å². The molecule has 0 spiro atoms. The zero-order valence-corrected chi connectivity index (χ0v) is 12.6. The average molecular weight is 357 g/mol. The number of halogens is 1. The summed E-state index contributed by atoms with van der Waals surface area (Å²) in [6, 6.07) is 8.35. The van der Waals surface area contributed by atoms with E-state index in [2.05, 4.69) is 61.7 Å². The predicted molar refractivity (Wildman–Crippen MR) is 81.4 cm³/mol. The Morgan fingerprint density at radius 1 is 1.33 bits per heavy atom. The Bertz CT molecular complexity index is 507. The molecular formula is C13H16IN3O. The summed E-state index contributed by atoms with van der Waals surface area (Å²) >= 11 is 2.30. The third kappa shape index (κ3) is 3.23. The highest BCUT2D eigenvalue weighted by Gasteiger charge is 2.06. The van der Waals surface area contributed by atoms with Gasteiger partial charge in [-0.15, -0.1) is 0 Å².